The van der Waals surface area contributed by atoms with Gasteiger partial charge in [0.1, 0.15) is 6.54 Å². The van der Waals surface area contributed by atoms with Gasteiger partial charge in [-0.25, -0.2) is 8.42 Å². The third-order valence-electron chi connectivity index (χ3n) is 5.42. The summed E-state index contributed by atoms with van der Waals surface area (Å²) in [6.45, 7) is 1.74. The normalized spacial score (nSPS) is 11.3. The number of hydrogen-bond acceptors (Lipinski definition) is 3. The number of anilines is 1. The number of amides is 1. The van der Waals surface area contributed by atoms with Crippen LogP contribution in [0.4, 0.5) is 5.69 Å². The Balaban J connectivity index is 1.61. The molecule has 1 amide bonds. The van der Waals surface area contributed by atoms with E-state index in [2.05, 4.69) is 5.32 Å². The van der Waals surface area contributed by atoms with Crippen molar-refractivity contribution in [2.24, 2.45) is 0 Å². The quantitative estimate of drug-likeness (QED) is 0.391. The molecule has 0 saturated carbocycles. The van der Waals surface area contributed by atoms with E-state index >= 15 is 0 Å². The number of nitrogens with one attached hydrogen (secondary N) is 1. The molecule has 0 atom stereocenters. The van der Waals surface area contributed by atoms with Crippen molar-refractivity contribution in [2.45, 2.75) is 18.4 Å². The Morgan fingerprint density at radius 1 is 0.909 bits per heavy atom. The van der Waals surface area contributed by atoms with Gasteiger partial charge in [-0.2, -0.15) is 0 Å². The lowest BCUT2D eigenvalue weighted by molar-refractivity contribution is -0.119. The summed E-state index contributed by atoms with van der Waals surface area (Å²) in [4.78, 5) is 13.0. The third-order valence-corrected chi connectivity index (χ3v) is 7.61. The van der Waals surface area contributed by atoms with Crippen LogP contribution in [0.15, 0.2) is 95.9 Å². The number of fused-ring (bicyclic) bond motifs is 1. The van der Waals surface area contributed by atoms with Crippen LogP contribution < -0.4 is 9.62 Å². The van der Waals surface area contributed by atoms with Crippen LogP contribution >= 0.6 is 11.6 Å². The molecule has 0 heterocycles. The molecule has 0 aliphatic carbocycles. The van der Waals surface area contributed by atoms with E-state index in [9.17, 15) is 13.2 Å². The minimum absolute atomic E-state index is 0.101. The zero-order valence-corrected chi connectivity index (χ0v) is 19.6. The van der Waals surface area contributed by atoms with Gasteiger partial charge in [-0.15, -0.1) is 0 Å². The average Bonchev–Trinajstić information content (AvgIpc) is 2.83. The van der Waals surface area contributed by atoms with Crippen molar-refractivity contribution in [3.05, 3.63) is 107 Å². The van der Waals surface area contributed by atoms with E-state index in [1.54, 1.807) is 36.4 Å². The third kappa shape index (κ3) is 5.02. The molecule has 0 bridgehead atoms. The van der Waals surface area contributed by atoms with Crippen LogP contribution in [0.5, 0.6) is 0 Å². The molecule has 4 aromatic rings. The summed E-state index contributed by atoms with van der Waals surface area (Å²) in [5.41, 5.74) is 2.10. The molecule has 1 N–H and O–H groups in total. The van der Waals surface area contributed by atoms with Gasteiger partial charge in [-0.3, -0.25) is 9.10 Å². The fraction of sp³-hybridized carbons (Fsp3) is 0.115. The highest BCUT2D eigenvalue weighted by Gasteiger charge is 2.27. The first kappa shape index (κ1) is 22.8. The molecular weight excluding hydrogens is 456 g/mol. The number of carbonyl (C=O) groups is 1. The number of benzene rings is 4. The smallest absolute Gasteiger partial charge is 0.264 e. The number of nitrogens with zero attached hydrogens (tertiary/aromatic N) is 1. The van der Waals surface area contributed by atoms with Gasteiger partial charge in [-0.1, -0.05) is 78.3 Å². The van der Waals surface area contributed by atoms with Crippen LogP contribution in [0.1, 0.15) is 11.1 Å². The second-order valence-corrected chi connectivity index (χ2v) is 9.94. The Labute approximate surface area is 198 Å². The van der Waals surface area contributed by atoms with E-state index in [0.717, 1.165) is 26.2 Å². The van der Waals surface area contributed by atoms with Crippen LogP contribution in [0.25, 0.3) is 10.8 Å². The Kier molecular flexibility index (Phi) is 6.67. The second-order valence-electron chi connectivity index (χ2n) is 7.67. The van der Waals surface area contributed by atoms with Crippen molar-refractivity contribution < 1.29 is 13.2 Å². The van der Waals surface area contributed by atoms with Gasteiger partial charge in [0.2, 0.25) is 5.91 Å². The molecular formula is C26H23ClN2O3S. The highest BCUT2D eigenvalue weighted by atomic mass is 35.5. The average molecular weight is 479 g/mol. The lowest BCUT2D eigenvalue weighted by Gasteiger charge is -2.24. The number of aryl methyl sites for hydroxylation is 1. The van der Waals surface area contributed by atoms with Gasteiger partial charge in [0.05, 0.1) is 10.6 Å². The fourth-order valence-corrected chi connectivity index (χ4v) is 5.21. The SMILES string of the molecule is Cc1ccc(N(CC(=O)NCc2cccc3ccccc23)S(=O)(=O)c2ccccc2)cc1Cl. The Morgan fingerprint density at radius 2 is 1.61 bits per heavy atom. The van der Waals surface area contributed by atoms with Gasteiger partial charge in [0, 0.05) is 11.6 Å². The van der Waals surface area contributed by atoms with Crippen LogP contribution in [-0.2, 0) is 21.4 Å². The zero-order chi connectivity index (χ0) is 23.4. The van der Waals surface area contributed by atoms with Crippen LogP contribution in [0.2, 0.25) is 5.02 Å². The highest BCUT2D eigenvalue weighted by molar-refractivity contribution is 7.92. The van der Waals surface area contributed by atoms with Gasteiger partial charge in [-0.05, 0) is 53.1 Å². The molecule has 0 saturated heterocycles. The van der Waals surface area contributed by atoms with E-state index in [1.807, 2.05) is 49.4 Å². The summed E-state index contributed by atoms with van der Waals surface area (Å²) in [6, 6.07) is 26.8. The topological polar surface area (TPSA) is 66.5 Å². The summed E-state index contributed by atoms with van der Waals surface area (Å²) >= 11 is 6.27. The van der Waals surface area contributed by atoms with Crippen molar-refractivity contribution in [1.82, 2.24) is 5.32 Å². The van der Waals surface area contributed by atoms with Crippen molar-refractivity contribution in [2.75, 3.05) is 10.8 Å². The molecule has 33 heavy (non-hydrogen) atoms. The van der Waals surface area contributed by atoms with Crippen molar-refractivity contribution in [3.8, 4) is 0 Å². The Morgan fingerprint density at radius 3 is 2.36 bits per heavy atom. The van der Waals surface area contributed by atoms with Gasteiger partial charge >= 0.3 is 0 Å². The fourth-order valence-electron chi connectivity index (χ4n) is 3.60. The molecule has 0 radical (unpaired) electrons. The van der Waals surface area contributed by atoms with Crippen LogP contribution in [-0.4, -0.2) is 20.9 Å². The maximum atomic E-state index is 13.4. The van der Waals surface area contributed by atoms with Gasteiger partial charge < -0.3 is 5.32 Å². The van der Waals surface area contributed by atoms with Gasteiger partial charge in [0.15, 0.2) is 0 Å². The Hall–Kier alpha value is -3.35. The molecule has 0 aliphatic rings. The van der Waals surface area contributed by atoms with E-state index in [4.69, 9.17) is 11.6 Å². The largest absolute Gasteiger partial charge is 0.350 e. The van der Waals surface area contributed by atoms with Crippen molar-refractivity contribution in [3.63, 3.8) is 0 Å². The van der Waals surface area contributed by atoms with Crippen molar-refractivity contribution >= 4 is 44.0 Å². The molecule has 0 fully saturated rings. The van der Waals surface area contributed by atoms with Gasteiger partial charge in [0.25, 0.3) is 10.0 Å². The molecule has 0 unspecified atom stereocenters. The molecule has 168 valence electrons. The minimum atomic E-state index is -3.98. The Bertz CT molecular complexity index is 1400. The standard InChI is InChI=1S/C26H23ClN2O3S/c1-19-14-15-22(16-25(19)27)29(33(31,32)23-11-3-2-4-12-23)18-26(30)28-17-21-10-7-9-20-8-5-6-13-24(20)21/h2-16H,17-18H2,1H3,(H,28,30). The summed E-state index contributed by atoms with van der Waals surface area (Å²) in [6.07, 6.45) is 0. The lowest BCUT2D eigenvalue weighted by atomic mass is 10.0. The number of rotatable bonds is 7. The van der Waals surface area contributed by atoms with Crippen LogP contribution in [0.3, 0.4) is 0 Å². The van der Waals surface area contributed by atoms with E-state index in [1.165, 1.54) is 12.1 Å². The molecule has 5 nitrogen and oxygen atoms in total. The molecule has 7 heteroatoms. The first-order valence-electron chi connectivity index (χ1n) is 10.4. The summed E-state index contributed by atoms with van der Waals surface area (Å²) in [7, 11) is -3.98. The predicted molar refractivity (Wildman–Crippen MR) is 133 cm³/mol. The van der Waals surface area contributed by atoms with E-state index in [0.29, 0.717) is 10.7 Å². The lowest BCUT2D eigenvalue weighted by Crippen LogP contribution is -2.40. The minimum Gasteiger partial charge on any atom is -0.350 e. The summed E-state index contributed by atoms with van der Waals surface area (Å²) in [5.74, 6) is -0.417. The number of halogens is 1. The molecule has 4 aromatic carbocycles. The van der Waals surface area contributed by atoms with E-state index in [-0.39, 0.29) is 18.0 Å². The highest BCUT2D eigenvalue weighted by Crippen LogP contribution is 2.28. The molecule has 0 spiro atoms. The maximum Gasteiger partial charge on any atom is 0.264 e. The number of carbonyl (C=O) groups excluding carboxylic acids is 1. The van der Waals surface area contributed by atoms with Crippen LogP contribution in [0, 0.1) is 6.92 Å². The summed E-state index contributed by atoms with van der Waals surface area (Å²) in [5, 5.41) is 5.41. The number of sulfonamides is 1. The molecule has 0 aliphatic heterocycles. The monoisotopic (exact) mass is 478 g/mol. The summed E-state index contributed by atoms with van der Waals surface area (Å²) < 4.78 is 27.9. The first-order valence-corrected chi connectivity index (χ1v) is 12.3. The van der Waals surface area contributed by atoms with E-state index < -0.39 is 15.9 Å². The number of hydrogen-bond donors (Lipinski definition) is 1. The van der Waals surface area contributed by atoms with Crippen molar-refractivity contribution in [1.29, 1.82) is 0 Å². The maximum absolute atomic E-state index is 13.4. The molecule has 0 aromatic heterocycles. The second kappa shape index (κ2) is 9.65. The predicted octanol–water partition coefficient (Wildman–Crippen LogP) is 5.31. The zero-order valence-electron chi connectivity index (χ0n) is 18.0. The first-order chi connectivity index (χ1) is 15.9. The molecule has 4 rings (SSSR count).